The number of halogens is 1. The number of nitrogens with zero attached hydrogens (tertiary/aromatic N) is 1. The summed E-state index contributed by atoms with van der Waals surface area (Å²) in [5, 5.41) is 6.31. The summed E-state index contributed by atoms with van der Waals surface area (Å²) in [6.45, 7) is 3.52. The molecule has 8 nitrogen and oxygen atoms in total. The predicted molar refractivity (Wildman–Crippen MR) is 127 cm³/mol. The molecular weight excluding hydrogens is 519 g/mol. The van der Waals surface area contributed by atoms with Crippen molar-refractivity contribution in [2.75, 3.05) is 33.5 Å². The third-order valence-electron chi connectivity index (χ3n) is 4.41. The van der Waals surface area contributed by atoms with Crippen LogP contribution in [0, 0.1) is 6.92 Å². The normalized spacial score (nSPS) is 12.9. The predicted octanol–water partition coefficient (Wildman–Crippen LogP) is 2.03. The number of aryl methyl sites for hydroxylation is 1. The van der Waals surface area contributed by atoms with Gasteiger partial charge in [-0.3, -0.25) is 4.99 Å². The molecule has 0 saturated carbocycles. The van der Waals surface area contributed by atoms with Gasteiger partial charge < -0.3 is 20.1 Å². The molecule has 0 spiro atoms. The molecule has 0 bridgehead atoms. The Hall–Kier alpha value is -2.05. The van der Waals surface area contributed by atoms with Crippen molar-refractivity contribution in [3.05, 3.63) is 53.6 Å². The fourth-order valence-electron chi connectivity index (χ4n) is 2.81. The standard InChI is InChI=1S/C20H26N4O4S.HI/c1-15-3-6-17(7-4-15)29(25,26)24-12-11-23-20(21-2)22-10-9-16-5-8-18-19(13-16)28-14-27-18;/h3-8,13,24H,9-12,14H2,1-2H3,(H2,21,22,23);1H. The van der Waals surface area contributed by atoms with E-state index < -0.39 is 10.0 Å². The summed E-state index contributed by atoms with van der Waals surface area (Å²) < 4.78 is 37.8. The second kappa shape index (κ2) is 11.4. The number of aliphatic imine (C=N–C) groups is 1. The van der Waals surface area contributed by atoms with Gasteiger partial charge in [0.05, 0.1) is 4.90 Å². The van der Waals surface area contributed by atoms with Gasteiger partial charge in [0.15, 0.2) is 17.5 Å². The Morgan fingerprint density at radius 1 is 1.00 bits per heavy atom. The molecule has 0 fully saturated rings. The van der Waals surface area contributed by atoms with E-state index in [2.05, 4.69) is 20.3 Å². The van der Waals surface area contributed by atoms with Crippen LogP contribution < -0.4 is 24.8 Å². The van der Waals surface area contributed by atoms with Crippen LogP contribution in [0.3, 0.4) is 0 Å². The van der Waals surface area contributed by atoms with Gasteiger partial charge in [-0.25, -0.2) is 13.1 Å². The lowest BCUT2D eigenvalue weighted by atomic mass is 10.1. The van der Waals surface area contributed by atoms with E-state index in [-0.39, 0.29) is 42.2 Å². The first-order valence-electron chi connectivity index (χ1n) is 9.37. The van der Waals surface area contributed by atoms with Crippen LogP contribution in [0.1, 0.15) is 11.1 Å². The average Bonchev–Trinajstić information content (AvgIpc) is 3.18. The number of benzene rings is 2. The Morgan fingerprint density at radius 3 is 2.43 bits per heavy atom. The molecule has 0 radical (unpaired) electrons. The molecule has 0 aromatic heterocycles. The number of sulfonamides is 1. The minimum atomic E-state index is -3.51. The second-order valence-corrected chi connectivity index (χ2v) is 8.34. The molecule has 0 aliphatic carbocycles. The number of rotatable bonds is 8. The number of fused-ring (bicyclic) bond motifs is 1. The molecule has 1 aliphatic heterocycles. The molecule has 0 amide bonds. The lowest BCUT2D eigenvalue weighted by Crippen LogP contribution is -2.42. The summed E-state index contributed by atoms with van der Waals surface area (Å²) in [5.74, 6) is 2.15. The molecule has 0 atom stereocenters. The summed E-state index contributed by atoms with van der Waals surface area (Å²) >= 11 is 0. The molecule has 1 heterocycles. The molecule has 2 aromatic rings. The van der Waals surface area contributed by atoms with Crippen LogP contribution in [0.25, 0.3) is 0 Å². The van der Waals surface area contributed by atoms with Crippen LogP contribution in [0.5, 0.6) is 11.5 Å². The third-order valence-corrected chi connectivity index (χ3v) is 5.88. The van der Waals surface area contributed by atoms with E-state index >= 15 is 0 Å². The first-order valence-corrected chi connectivity index (χ1v) is 10.9. The summed E-state index contributed by atoms with van der Waals surface area (Å²) in [6.07, 6.45) is 0.789. The molecule has 3 rings (SSSR count). The summed E-state index contributed by atoms with van der Waals surface area (Å²) in [7, 11) is -1.84. The van der Waals surface area contributed by atoms with Crippen LogP contribution in [0.4, 0.5) is 0 Å². The topological polar surface area (TPSA) is 101 Å². The van der Waals surface area contributed by atoms with E-state index in [0.717, 1.165) is 29.0 Å². The lowest BCUT2D eigenvalue weighted by molar-refractivity contribution is 0.174. The highest BCUT2D eigenvalue weighted by atomic mass is 127. The molecule has 1 aliphatic rings. The molecular formula is C20H27IN4O4S. The lowest BCUT2D eigenvalue weighted by Gasteiger charge is -2.13. The van der Waals surface area contributed by atoms with E-state index in [4.69, 9.17) is 9.47 Å². The molecule has 3 N–H and O–H groups in total. The number of ether oxygens (including phenoxy) is 2. The Morgan fingerprint density at radius 2 is 1.70 bits per heavy atom. The highest BCUT2D eigenvalue weighted by Crippen LogP contribution is 2.32. The summed E-state index contributed by atoms with van der Waals surface area (Å²) in [6, 6.07) is 12.6. The summed E-state index contributed by atoms with van der Waals surface area (Å²) in [4.78, 5) is 4.41. The maximum Gasteiger partial charge on any atom is 0.240 e. The zero-order valence-corrected chi connectivity index (χ0v) is 20.1. The largest absolute Gasteiger partial charge is 0.454 e. The van der Waals surface area contributed by atoms with Gasteiger partial charge in [-0.05, 0) is 43.2 Å². The SMILES string of the molecule is CN=C(NCCNS(=O)(=O)c1ccc(C)cc1)NCCc1ccc2c(c1)OCO2.I. The number of guanidine groups is 1. The number of nitrogens with one attached hydrogen (secondary N) is 3. The number of hydrogen-bond donors (Lipinski definition) is 3. The van der Waals surface area contributed by atoms with Gasteiger partial charge >= 0.3 is 0 Å². The van der Waals surface area contributed by atoms with Crippen molar-refractivity contribution in [2.24, 2.45) is 4.99 Å². The Balaban J connectivity index is 0.00000320. The zero-order chi connectivity index (χ0) is 20.7. The minimum absolute atomic E-state index is 0. The summed E-state index contributed by atoms with van der Waals surface area (Å²) in [5.41, 5.74) is 2.14. The van der Waals surface area contributed by atoms with Gasteiger partial charge in [-0.2, -0.15) is 0 Å². The maximum absolute atomic E-state index is 12.3. The van der Waals surface area contributed by atoms with Crippen LogP contribution >= 0.6 is 24.0 Å². The first kappa shape index (κ1) is 24.2. The number of hydrogen-bond acceptors (Lipinski definition) is 5. The first-order chi connectivity index (χ1) is 14.0. The van der Waals surface area contributed by atoms with Gasteiger partial charge in [-0.1, -0.05) is 23.8 Å². The van der Waals surface area contributed by atoms with Crippen molar-refractivity contribution in [1.29, 1.82) is 0 Å². The molecule has 0 saturated heterocycles. The van der Waals surface area contributed by atoms with E-state index in [1.807, 2.05) is 25.1 Å². The van der Waals surface area contributed by atoms with E-state index in [1.165, 1.54) is 0 Å². The van der Waals surface area contributed by atoms with E-state index in [1.54, 1.807) is 31.3 Å². The van der Waals surface area contributed by atoms with Crippen LogP contribution in [0.15, 0.2) is 52.4 Å². The van der Waals surface area contributed by atoms with E-state index in [0.29, 0.717) is 19.0 Å². The van der Waals surface area contributed by atoms with Gasteiger partial charge in [0.25, 0.3) is 0 Å². The van der Waals surface area contributed by atoms with Crippen molar-refractivity contribution >= 4 is 40.0 Å². The van der Waals surface area contributed by atoms with Gasteiger partial charge in [-0.15, -0.1) is 24.0 Å². The molecule has 2 aromatic carbocycles. The molecule has 0 unspecified atom stereocenters. The smallest absolute Gasteiger partial charge is 0.240 e. The molecule has 164 valence electrons. The van der Waals surface area contributed by atoms with Gasteiger partial charge in [0.1, 0.15) is 0 Å². The zero-order valence-electron chi connectivity index (χ0n) is 17.0. The van der Waals surface area contributed by atoms with Crippen LogP contribution in [-0.2, 0) is 16.4 Å². The Kier molecular flexibility index (Phi) is 9.18. The third kappa shape index (κ3) is 6.74. The van der Waals surface area contributed by atoms with Gasteiger partial charge in [0, 0.05) is 26.7 Å². The maximum atomic E-state index is 12.3. The Labute approximate surface area is 194 Å². The van der Waals surface area contributed by atoms with Crippen molar-refractivity contribution in [2.45, 2.75) is 18.2 Å². The quantitative estimate of drug-likeness (QED) is 0.203. The van der Waals surface area contributed by atoms with Crippen LogP contribution in [-0.4, -0.2) is 47.9 Å². The van der Waals surface area contributed by atoms with Crippen LogP contribution in [0.2, 0.25) is 0 Å². The van der Waals surface area contributed by atoms with Crippen molar-refractivity contribution in [3.8, 4) is 11.5 Å². The fourth-order valence-corrected chi connectivity index (χ4v) is 3.84. The highest BCUT2D eigenvalue weighted by Gasteiger charge is 2.14. The minimum Gasteiger partial charge on any atom is -0.454 e. The van der Waals surface area contributed by atoms with E-state index in [9.17, 15) is 8.42 Å². The van der Waals surface area contributed by atoms with Gasteiger partial charge in [0.2, 0.25) is 16.8 Å². The second-order valence-electron chi connectivity index (χ2n) is 6.57. The Bertz CT molecular complexity index is 965. The van der Waals surface area contributed by atoms with Crippen molar-refractivity contribution in [1.82, 2.24) is 15.4 Å². The molecule has 30 heavy (non-hydrogen) atoms. The fraction of sp³-hybridized carbons (Fsp3) is 0.350. The van der Waals surface area contributed by atoms with Crippen molar-refractivity contribution < 1.29 is 17.9 Å². The average molecular weight is 546 g/mol. The van der Waals surface area contributed by atoms with Crippen molar-refractivity contribution in [3.63, 3.8) is 0 Å². The highest BCUT2D eigenvalue weighted by molar-refractivity contribution is 14.0. The molecule has 10 heteroatoms. The monoisotopic (exact) mass is 546 g/mol.